The van der Waals surface area contributed by atoms with Gasteiger partial charge in [0, 0.05) is 49.4 Å². The molecule has 4 rings (SSSR count). The van der Waals surface area contributed by atoms with Gasteiger partial charge >= 0.3 is 0 Å². The minimum atomic E-state index is -0.774. The number of nitrogens with zero attached hydrogens (tertiary/aromatic N) is 2. The zero-order valence-electron chi connectivity index (χ0n) is 17.6. The average Bonchev–Trinajstić information content (AvgIpc) is 3.47. The first kappa shape index (κ1) is 21.0. The third-order valence-electron chi connectivity index (χ3n) is 6.46. The van der Waals surface area contributed by atoms with Crippen molar-refractivity contribution in [3.63, 3.8) is 0 Å². The van der Waals surface area contributed by atoms with Crippen molar-refractivity contribution in [3.8, 4) is 0 Å². The van der Waals surface area contributed by atoms with E-state index in [9.17, 15) is 14.3 Å². The predicted molar refractivity (Wildman–Crippen MR) is 112 cm³/mol. The van der Waals surface area contributed by atoms with Crippen molar-refractivity contribution >= 4 is 5.91 Å². The van der Waals surface area contributed by atoms with Gasteiger partial charge in [-0.3, -0.25) is 4.79 Å². The van der Waals surface area contributed by atoms with Gasteiger partial charge in [0.2, 0.25) is 5.91 Å². The molecule has 7 heteroatoms. The average molecular weight is 415 g/mol. The molecule has 1 aliphatic heterocycles. The monoisotopic (exact) mass is 414 g/mol. The maximum Gasteiger partial charge on any atom is 0.228 e. The lowest BCUT2D eigenvalue weighted by molar-refractivity contribution is -0.137. The van der Waals surface area contributed by atoms with Gasteiger partial charge in [0.15, 0.2) is 0 Å². The van der Waals surface area contributed by atoms with E-state index in [1.807, 2.05) is 4.90 Å². The van der Waals surface area contributed by atoms with Crippen molar-refractivity contribution in [1.82, 2.24) is 20.2 Å². The molecular weight excluding hydrogens is 383 g/mol. The maximum absolute atomic E-state index is 13.2. The second kappa shape index (κ2) is 8.86. The molecule has 1 amide bonds. The molecule has 0 spiro atoms. The number of hydrogen-bond donors (Lipinski definition) is 3. The summed E-state index contributed by atoms with van der Waals surface area (Å²) in [6.45, 7) is 6.24. The fraction of sp³-hybridized carbons (Fsp3) is 0.565. The molecule has 2 fully saturated rings. The fourth-order valence-electron chi connectivity index (χ4n) is 4.74. The van der Waals surface area contributed by atoms with Gasteiger partial charge in [-0.2, -0.15) is 0 Å². The van der Waals surface area contributed by atoms with Gasteiger partial charge in [-0.1, -0.05) is 26.0 Å². The minimum absolute atomic E-state index is 0.0553. The van der Waals surface area contributed by atoms with Crippen LogP contribution in [0.1, 0.15) is 62.0 Å². The summed E-state index contributed by atoms with van der Waals surface area (Å²) in [5.41, 5.74) is 1.82. The first-order chi connectivity index (χ1) is 14.4. The second-order valence-corrected chi connectivity index (χ2v) is 8.88. The fourth-order valence-corrected chi connectivity index (χ4v) is 4.74. The molecule has 2 heterocycles. The Balaban J connectivity index is 1.54. The van der Waals surface area contributed by atoms with Crippen molar-refractivity contribution in [3.05, 3.63) is 53.4 Å². The number of nitrogens with one attached hydrogen (secondary N) is 2. The summed E-state index contributed by atoms with van der Waals surface area (Å²) in [7, 11) is 0. The van der Waals surface area contributed by atoms with Crippen molar-refractivity contribution in [2.45, 2.75) is 63.6 Å². The van der Waals surface area contributed by atoms with Crippen molar-refractivity contribution in [2.75, 3.05) is 13.1 Å². The Labute approximate surface area is 176 Å². The number of imidazole rings is 1. The lowest BCUT2D eigenvalue weighted by Gasteiger charge is -2.24. The molecule has 1 saturated heterocycles. The highest BCUT2D eigenvalue weighted by Crippen LogP contribution is 2.40. The minimum Gasteiger partial charge on any atom is -0.392 e. The van der Waals surface area contributed by atoms with E-state index in [-0.39, 0.29) is 29.6 Å². The van der Waals surface area contributed by atoms with Crippen molar-refractivity contribution in [2.24, 2.45) is 5.92 Å². The molecule has 0 radical (unpaired) electrons. The van der Waals surface area contributed by atoms with E-state index in [0.29, 0.717) is 13.0 Å². The lowest BCUT2D eigenvalue weighted by Crippen LogP contribution is -2.38. The Hall–Kier alpha value is -2.25. The van der Waals surface area contributed by atoms with E-state index in [1.54, 1.807) is 18.3 Å². The first-order valence-corrected chi connectivity index (χ1v) is 10.9. The predicted octanol–water partition coefficient (Wildman–Crippen LogP) is 2.92. The molecular formula is C23H31FN4O2. The summed E-state index contributed by atoms with van der Waals surface area (Å²) >= 11 is 0. The number of hydrogen-bond acceptors (Lipinski definition) is 4. The van der Waals surface area contributed by atoms with E-state index in [4.69, 9.17) is 0 Å². The van der Waals surface area contributed by atoms with Crippen LogP contribution in [0.5, 0.6) is 0 Å². The van der Waals surface area contributed by atoms with Crippen LogP contribution >= 0.6 is 0 Å². The molecule has 1 saturated carbocycles. The van der Waals surface area contributed by atoms with Crippen LogP contribution in [0.15, 0.2) is 30.5 Å². The molecule has 0 bridgehead atoms. The Morgan fingerprint density at radius 1 is 1.30 bits per heavy atom. The van der Waals surface area contributed by atoms with Gasteiger partial charge in [0.1, 0.15) is 11.6 Å². The Kier molecular flexibility index (Phi) is 6.20. The number of aromatic amines is 1. The van der Waals surface area contributed by atoms with Crippen LogP contribution in [0.4, 0.5) is 4.39 Å². The number of H-pyrrole nitrogens is 1. The summed E-state index contributed by atoms with van der Waals surface area (Å²) < 4.78 is 13.2. The zero-order valence-corrected chi connectivity index (χ0v) is 17.6. The topological polar surface area (TPSA) is 81.2 Å². The third kappa shape index (κ3) is 4.27. The number of aliphatic hydroxyl groups excluding tert-OH is 1. The molecule has 0 unspecified atom stereocenters. The van der Waals surface area contributed by atoms with Gasteiger partial charge < -0.3 is 20.3 Å². The van der Waals surface area contributed by atoms with Crippen LogP contribution < -0.4 is 5.32 Å². The number of carbonyl (C=O) groups excluding carboxylic acids is 1. The van der Waals surface area contributed by atoms with Crippen LogP contribution in [0, 0.1) is 11.7 Å². The summed E-state index contributed by atoms with van der Waals surface area (Å²) in [6, 6.07) is 6.32. The highest BCUT2D eigenvalue weighted by atomic mass is 19.1. The number of benzene rings is 1. The van der Waals surface area contributed by atoms with Gasteiger partial charge in [0.25, 0.3) is 0 Å². The summed E-state index contributed by atoms with van der Waals surface area (Å²) in [6.07, 6.45) is 3.64. The number of aliphatic hydroxyl groups is 1. The molecule has 6 nitrogen and oxygen atoms in total. The number of amides is 1. The standard InChI is InChI=1S/C23H31FN4O2/c1-14(2)22-26-13-19(27-22)20-18(25-12-15-5-7-16(24)8-6-15)11-17(21(20)29)23(30)28-9-3-4-10-28/h5-8,13-14,17-18,20-21,25,29H,3-4,9-12H2,1-2H3,(H,26,27)/t17-,18+,20+,21+/m0/s1. The SMILES string of the molecule is CC(C)c1ncc([C@@H]2[C@H](O)[C@@H](C(=O)N3CCCC3)C[C@H]2NCc2ccc(F)cc2)[nH]1. The van der Waals surface area contributed by atoms with Gasteiger partial charge in [-0.15, -0.1) is 0 Å². The quantitative estimate of drug-likeness (QED) is 0.679. The van der Waals surface area contributed by atoms with Crippen molar-refractivity contribution in [1.29, 1.82) is 0 Å². The van der Waals surface area contributed by atoms with Crippen LogP contribution in [0.2, 0.25) is 0 Å². The molecule has 30 heavy (non-hydrogen) atoms. The van der Waals surface area contributed by atoms with E-state index in [1.165, 1.54) is 12.1 Å². The van der Waals surface area contributed by atoms with Crippen LogP contribution in [0.3, 0.4) is 0 Å². The normalized spacial score (nSPS) is 26.6. The molecule has 4 atom stereocenters. The highest BCUT2D eigenvalue weighted by Gasteiger charge is 2.48. The molecule has 2 aromatic rings. The van der Waals surface area contributed by atoms with E-state index < -0.39 is 12.0 Å². The molecule has 1 aromatic carbocycles. The summed E-state index contributed by atoms with van der Waals surface area (Å²) in [5.74, 6) is 0.253. The smallest absolute Gasteiger partial charge is 0.228 e. The highest BCUT2D eigenvalue weighted by molar-refractivity contribution is 5.80. The van der Waals surface area contributed by atoms with Crippen molar-refractivity contribution < 1.29 is 14.3 Å². The maximum atomic E-state index is 13.2. The Morgan fingerprint density at radius 3 is 2.63 bits per heavy atom. The van der Waals surface area contributed by atoms with E-state index in [0.717, 1.165) is 43.0 Å². The lowest BCUT2D eigenvalue weighted by atomic mass is 9.95. The molecule has 1 aliphatic carbocycles. The zero-order chi connectivity index (χ0) is 21.3. The first-order valence-electron chi connectivity index (χ1n) is 10.9. The molecule has 2 aliphatic rings. The Bertz CT molecular complexity index is 860. The van der Waals surface area contributed by atoms with Gasteiger partial charge in [-0.05, 0) is 37.0 Å². The van der Waals surface area contributed by atoms with E-state index >= 15 is 0 Å². The summed E-state index contributed by atoms with van der Waals surface area (Å²) in [5, 5.41) is 14.7. The largest absolute Gasteiger partial charge is 0.392 e. The third-order valence-corrected chi connectivity index (χ3v) is 6.46. The number of likely N-dealkylation sites (tertiary alicyclic amines) is 1. The summed E-state index contributed by atoms with van der Waals surface area (Å²) in [4.78, 5) is 22.8. The second-order valence-electron chi connectivity index (χ2n) is 8.88. The molecule has 162 valence electrons. The number of carbonyl (C=O) groups is 1. The Morgan fingerprint density at radius 2 is 2.00 bits per heavy atom. The van der Waals surface area contributed by atoms with Gasteiger partial charge in [0.05, 0.1) is 12.0 Å². The number of aromatic nitrogens is 2. The van der Waals surface area contributed by atoms with E-state index in [2.05, 4.69) is 29.1 Å². The van der Waals surface area contributed by atoms with Crippen LogP contribution in [0.25, 0.3) is 0 Å². The van der Waals surface area contributed by atoms with Gasteiger partial charge in [-0.25, -0.2) is 9.37 Å². The molecule has 3 N–H and O–H groups in total. The number of halogens is 1. The van der Waals surface area contributed by atoms with Crippen LogP contribution in [-0.4, -0.2) is 51.1 Å². The molecule has 1 aromatic heterocycles. The van der Waals surface area contributed by atoms with Crippen LogP contribution in [-0.2, 0) is 11.3 Å². The number of rotatable bonds is 6.